The van der Waals surface area contributed by atoms with Crippen molar-refractivity contribution in [2.75, 3.05) is 0 Å². The molecule has 0 saturated heterocycles. The van der Waals surface area contributed by atoms with Crippen LogP contribution >= 0.6 is 15.9 Å². The Balaban J connectivity index is 3.79. The number of alkyl halides is 7. The van der Waals surface area contributed by atoms with Gasteiger partial charge in [-0.25, -0.2) is 4.39 Å². The zero-order valence-electron chi connectivity index (χ0n) is 10.6. The van der Waals surface area contributed by atoms with Crippen molar-refractivity contribution in [2.24, 2.45) is 0 Å². The average molecular weight is 367 g/mol. The fourth-order valence-corrected chi connectivity index (χ4v) is 2.29. The zero-order valence-corrected chi connectivity index (χ0v) is 12.2. The number of rotatable bonds is 1. The Kier molecular flexibility index (Phi) is 4.22. The Labute approximate surface area is 119 Å². The molecule has 1 aromatic carbocycles. The monoisotopic (exact) mass is 366 g/mol. The maximum absolute atomic E-state index is 14.0. The lowest BCUT2D eigenvalue weighted by Gasteiger charge is -2.32. The topological polar surface area (TPSA) is 0 Å². The molecule has 0 aliphatic carbocycles. The van der Waals surface area contributed by atoms with Crippen LogP contribution in [0.25, 0.3) is 0 Å². The molecule has 20 heavy (non-hydrogen) atoms. The molecular weight excluding hydrogens is 357 g/mol. The number of halogens is 8. The van der Waals surface area contributed by atoms with Crippen LogP contribution in [0, 0.1) is 20.8 Å². The Morgan fingerprint density at radius 1 is 0.800 bits per heavy atom. The summed E-state index contributed by atoms with van der Waals surface area (Å²) in [5.74, 6) is 0. The molecular formula is C12H10BrF7. The number of hydrogen-bond donors (Lipinski definition) is 0. The molecule has 0 atom stereocenters. The third-order valence-electron chi connectivity index (χ3n) is 3.16. The number of hydrogen-bond acceptors (Lipinski definition) is 0. The molecule has 0 N–H and O–H groups in total. The molecule has 0 amide bonds. The van der Waals surface area contributed by atoms with Crippen molar-refractivity contribution < 1.29 is 30.7 Å². The third kappa shape index (κ3) is 2.42. The van der Waals surface area contributed by atoms with Crippen molar-refractivity contribution >= 4 is 15.9 Å². The molecule has 1 rings (SSSR count). The van der Waals surface area contributed by atoms with Gasteiger partial charge in [-0.15, -0.1) is 0 Å². The molecule has 1 aromatic rings. The summed E-state index contributed by atoms with van der Waals surface area (Å²) in [6.07, 6.45) is -12.2. The van der Waals surface area contributed by atoms with Crippen molar-refractivity contribution in [3.63, 3.8) is 0 Å². The van der Waals surface area contributed by atoms with Crippen molar-refractivity contribution in [1.82, 2.24) is 0 Å². The van der Waals surface area contributed by atoms with E-state index in [0.29, 0.717) is 10.5 Å². The summed E-state index contributed by atoms with van der Waals surface area (Å²) in [4.78, 5) is 0. The van der Waals surface area contributed by atoms with E-state index in [0.717, 1.165) is 6.92 Å². The van der Waals surface area contributed by atoms with Gasteiger partial charge in [-0.1, -0.05) is 22.0 Å². The van der Waals surface area contributed by atoms with Gasteiger partial charge in [0.05, 0.1) is 0 Å². The van der Waals surface area contributed by atoms with E-state index < -0.39 is 23.6 Å². The lowest BCUT2D eigenvalue weighted by atomic mass is 9.87. The molecule has 0 fully saturated rings. The van der Waals surface area contributed by atoms with Crippen molar-refractivity contribution in [3.8, 4) is 0 Å². The molecule has 8 heteroatoms. The second-order valence-corrected chi connectivity index (χ2v) is 5.25. The van der Waals surface area contributed by atoms with E-state index >= 15 is 0 Å². The van der Waals surface area contributed by atoms with Gasteiger partial charge in [0.2, 0.25) is 0 Å². The highest BCUT2D eigenvalue weighted by atomic mass is 79.9. The SMILES string of the molecule is Cc1cc(C(F)(C(F)(F)F)C(F)(F)F)c(C)c(C)c1Br. The van der Waals surface area contributed by atoms with Crippen LogP contribution in [0.5, 0.6) is 0 Å². The van der Waals surface area contributed by atoms with E-state index in [1.807, 2.05) is 0 Å². The van der Waals surface area contributed by atoms with E-state index in [-0.39, 0.29) is 16.7 Å². The summed E-state index contributed by atoms with van der Waals surface area (Å²) in [7, 11) is 0. The largest absolute Gasteiger partial charge is 0.435 e. The summed E-state index contributed by atoms with van der Waals surface area (Å²) in [5, 5.41) is 0. The summed E-state index contributed by atoms with van der Waals surface area (Å²) in [6.45, 7) is 3.65. The van der Waals surface area contributed by atoms with E-state index in [1.54, 1.807) is 0 Å². The van der Waals surface area contributed by atoms with Gasteiger partial charge in [0.15, 0.2) is 0 Å². The zero-order chi connectivity index (χ0) is 16.1. The Morgan fingerprint density at radius 3 is 1.55 bits per heavy atom. The first-order valence-electron chi connectivity index (χ1n) is 5.34. The normalized spacial score (nSPS) is 13.8. The molecule has 0 radical (unpaired) electrons. The van der Waals surface area contributed by atoms with Crippen molar-refractivity contribution in [3.05, 3.63) is 32.8 Å². The van der Waals surface area contributed by atoms with E-state index in [4.69, 9.17) is 0 Å². The predicted molar refractivity (Wildman–Crippen MR) is 63.2 cm³/mol. The highest BCUT2D eigenvalue weighted by Gasteiger charge is 2.74. The Bertz CT molecular complexity index is 514. The van der Waals surface area contributed by atoms with Gasteiger partial charge in [0, 0.05) is 10.0 Å². The second-order valence-electron chi connectivity index (χ2n) is 4.46. The highest BCUT2D eigenvalue weighted by Crippen LogP contribution is 2.54. The first-order valence-corrected chi connectivity index (χ1v) is 6.13. The van der Waals surface area contributed by atoms with E-state index in [1.165, 1.54) is 13.8 Å². The maximum Gasteiger partial charge on any atom is 0.435 e. The third-order valence-corrected chi connectivity index (χ3v) is 4.38. The first-order chi connectivity index (χ1) is 8.75. The molecule has 0 heterocycles. The van der Waals surface area contributed by atoms with Gasteiger partial charge < -0.3 is 0 Å². The summed E-state index contributed by atoms with van der Waals surface area (Å²) in [6, 6.07) is 0.577. The fourth-order valence-electron chi connectivity index (χ4n) is 1.87. The molecule has 0 aliphatic heterocycles. The molecule has 0 saturated carbocycles. The quantitative estimate of drug-likeness (QED) is 0.562. The fraction of sp³-hybridized carbons (Fsp3) is 0.500. The summed E-state index contributed by atoms with van der Waals surface area (Å²) in [5.41, 5.74) is -6.97. The van der Waals surface area contributed by atoms with Crippen LogP contribution < -0.4 is 0 Å². The van der Waals surface area contributed by atoms with Gasteiger partial charge in [-0.3, -0.25) is 0 Å². The van der Waals surface area contributed by atoms with Crippen LogP contribution in [0.3, 0.4) is 0 Å². The average Bonchev–Trinajstić information content (AvgIpc) is 2.27. The molecule has 0 aromatic heterocycles. The smallest absolute Gasteiger partial charge is 0.218 e. The maximum atomic E-state index is 14.0. The second kappa shape index (κ2) is 4.89. The van der Waals surface area contributed by atoms with Crippen LogP contribution in [0.1, 0.15) is 22.3 Å². The standard InChI is InChI=1S/C12H10BrF7/c1-5-4-8(6(2)7(3)9(5)13)10(14,11(15,16)17)12(18,19)20/h4H,1-3H3. The van der Waals surface area contributed by atoms with Gasteiger partial charge in [-0.2, -0.15) is 26.3 Å². The predicted octanol–water partition coefficient (Wildman–Crippen LogP) is 5.66. The lowest BCUT2D eigenvalue weighted by molar-refractivity contribution is -0.348. The molecule has 0 unspecified atom stereocenters. The van der Waals surface area contributed by atoms with Crippen LogP contribution in [0.15, 0.2) is 10.5 Å². The van der Waals surface area contributed by atoms with Crippen LogP contribution in [0.2, 0.25) is 0 Å². The van der Waals surface area contributed by atoms with Crippen LogP contribution in [-0.2, 0) is 5.67 Å². The van der Waals surface area contributed by atoms with E-state index in [9.17, 15) is 30.7 Å². The highest BCUT2D eigenvalue weighted by molar-refractivity contribution is 9.10. The molecule has 0 aliphatic rings. The van der Waals surface area contributed by atoms with Crippen molar-refractivity contribution in [2.45, 2.75) is 38.8 Å². The minimum Gasteiger partial charge on any atom is -0.218 e. The molecule has 114 valence electrons. The molecule has 0 bridgehead atoms. The van der Waals surface area contributed by atoms with Crippen LogP contribution in [0.4, 0.5) is 30.7 Å². The number of benzene rings is 1. The van der Waals surface area contributed by atoms with E-state index in [2.05, 4.69) is 15.9 Å². The Hall–Kier alpha value is -0.790. The van der Waals surface area contributed by atoms with Gasteiger partial charge in [0.1, 0.15) is 0 Å². The number of aryl methyl sites for hydroxylation is 1. The Morgan fingerprint density at radius 2 is 1.20 bits per heavy atom. The van der Waals surface area contributed by atoms with Gasteiger partial charge >= 0.3 is 18.0 Å². The minimum atomic E-state index is -6.09. The minimum absolute atomic E-state index is 0.0959. The summed E-state index contributed by atoms with van der Waals surface area (Å²) < 4.78 is 90.7. The van der Waals surface area contributed by atoms with Gasteiger partial charge in [0.25, 0.3) is 0 Å². The van der Waals surface area contributed by atoms with Crippen LogP contribution in [-0.4, -0.2) is 12.4 Å². The van der Waals surface area contributed by atoms with Gasteiger partial charge in [-0.05, 0) is 37.5 Å². The lowest BCUT2D eigenvalue weighted by Crippen LogP contribution is -2.51. The summed E-state index contributed by atoms with van der Waals surface area (Å²) >= 11 is 3.05. The molecule has 0 nitrogen and oxygen atoms in total. The molecule has 0 spiro atoms. The van der Waals surface area contributed by atoms with Crippen molar-refractivity contribution in [1.29, 1.82) is 0 Å². The first kappa shape index (κ1) is 17.3.